The van der Waals surface area contributed by atoms with Crippen LogP contribution in [0.15, 0.2) is 12.4 Å². The number of carbonyl (C=O) groups is 1. The molecule has 1 saturated carbocycles. The number of likely N-dealkylation sites (N-methyl/N-ethyl adjacent to an activating group) is 1. The van der Waals surface area contributed by atoms with Crippen molar-refractivity contribution in [2.45, 2.75) is 51.1 Å². The second kappa shape index (κ2) is 7.26. The third-order valence-corrected chi connectivity index (χ3v) is 5.23. The van der Waals surface area contributed by atoms with E-state index in [1.165, 1.54) is 0 Å². The van der Waals surface area contributed by atoms with Gasteiger partial charge in [-0.3, -0.25) is 4.79 Å². The van der Waals surface area contributed by atoms with Gasteiger partial charge in [-0.05, 0) is 13.8 Å². The van der Waals surface area contributed by atoms with Gasteiger partial charge in [0.25, 0.3) is 0 Å². The second-order valence-electron chi connectivity index (χ2n) is 7.40. The SMILES string of the molecule is Cc1nc(NC2CC(Oc3cnc(C(F)(F)F)nc3)C2)nc2c1NC(=O)[C@H](C)N2C. The highest BCUT2D eigenvalue weighted by molar-refractivity contribution is 6.03. The molecule has 0 saturated heterocycles. The molecule has 0 spiro atoms. The molecule has 2 aromatic rings. The highest BCUT2D eigenvalue weighted by Crippen LogP contribution is 2.34. The Hall–Kier alpha value is -3.18. The summed E-state index contributed by atoms with van der Waals surface area (Å²) in [4.78, 5) is 29.3. The molecule has 2 aliphatic rings. The van der Waals surface area contributed by atoms with Crippen LogP contribution in [-0.4, -0.2) is 51.1 Å². The maximum Gasteiger partial charge on any atom is 0.451 e. The smallest absolute Gasteiger partial charge is 0.451 e. The number of halogens is 3. The van der Waals surface area contributed by atoms with Gasteiger partial charge in [0.15, 0.2) is 11.6 Å². The van der Waals surface area contributed by atoms with E-state index in [0.29, 0.717) is 36.0 Å². The molecule has 3 heterocycles. The number of amides is 1. The number of aryl methyl sites for hydroxylation is 1. The normalized spacial score (nSPS) is 23.3. The van der Waals surface area contributed by atoms with Crippen LogP contribution in [0.3, 0.4) is 0 Å². The first kappa shape index (κ1) is 20.1. The van der Waals surface area contributed by atoms with Crippen molar-refractivity contribution in [1.82, 2.24) is 19.9 Å². The lowest BCUT2D eigenvalue weighted by Crippen LogP contribution is -2.45. The molecule has 2 N–H and O–H groups in total. The third kappa shape index (κ3) is 3.81. The number of hydrogen-bond acceptors (Lipinski definition) is 8. The van der Waals surface area contributed by atoms with Crippen molar-refractivity contribution in [3.05, 3.63) is 23.9 Å². The van der Waals surface area contributed by atoms with Gasteiger partial charge in [-0.1, -0.05) is 0 Å². The first-order valence-electron chi connectivity index (χ1n) is 9.36. The van der Waals surface area contributed by atoms with E-state index in [1.54, 1.807) is 25.8 Å². The maximum atomic E-state index is 12.5. The monoisotopic (exact) mass is 423 g/mol. The first-order chi connectivity index (χ1) is 14.1. The number of ether oxygens (including phenoxy) is 1. The van der Waals surface area contributed by atoms with Gasteiger partial charge in [0.2, 0.25) is 17.7 Å². The molecular weight excluding hydrogens is 403 g/mol. The second-order valence-corrected chi connectivity index (χ2v) is 7.40. The minimum atomic E-state index is -4.58. The lowest BCUT2D eigenvalue weighted by molar-refractivity contribution is -0.145. The Labute approximate surface area is 170 Å². The number of rotatable bonds is 4. The number of alkyl halides is 3. The van der Waals surface area contributed by atoms with Crippen LogP contribution in [0, 0.1) is 6.92 Å². The van der Waals surface area contributed by atoms with Crippen LogP contribution in [-0.2, 0) is 11.0 Å². The molecule has 0 aromatic carbocycles. The number of nitrogens with zero attached hydrogens (tertiary/aromatic N) is 5. The van der Waals surface area contributed by atoms with Crippen LogP contribution >= 0.6 is 0 Å². The van der Waals surface area contributed by atoms with E-state index in [9.17, 15) is 18.0 Å². The number of nitrogens with one attached hydrogen (secondary N) is 2. The average Bonchev–Trinajstić information content (AvgIpc) is 2.65. The summed E-state index contributed by atoms with van der Waals surface area (Å²) < 4.78 is 43.1. The van der Waals surface area contributed by atoms with Crippen molar-refractivity contribution >= 4 is 23.4 Å². The van der Waals surface area contributed by atoms with E-state index < -0.39 is 12.0 Å². The Kier molecular flexibility index (Phi) is 4.86. The molecule has 12 heteroatoms. The summed E-state index contributed by atoms with van der Waals surface area (Å²) in [6, 6.07) is -0.282. The molecule has 160 valence electrons. The molecular formula is C18H20F3N7O2. The van der Waals surface area contributed by atoms with Gasteiger partial charge >= 0.3 is 6.18 Å². The van der Waals surface area contributed by atoms with Crippen molar-refractivity contribution < 1.29 is 22.7 Å². The summed E-state index contributed by atoms with van der Waals surface area (Å²) in [7, 11) is 1.80. The Morgan fingerprint density at radius 1 is 1.23 bits per heavy atom. The molecule has 30 heavy (non-hydrogen) atoms. The summed E-state index contributed by atoms with van der Waals surface area (Å²) in [5, 5.41) is 6.07. The Balaban J connectivity index is 1.35. The predicted octanol–water partition coefficient (Wildman–Crippen LogP) is 2.39. The van der Waals surface area contributed by atoms with Gasteiger partial charge in [-0.15, -0.1) is 0 Å². The van der Waals surface area contributed by atoms with Crippen molar-refractivity contribution in [3.8, 4) is 5.75 Å². The minimum absolute atomic E-state index is 0.0590. The third-order valence-electron chi connectivity index (χ3n) is 5.23. The molecule has 0 unspecified atom stereocenters. The Morgan fingerprint density at radius 2 is 1.90 bits per heavy atom. The van der Waals surface area contributed by atoms with Crippen LogP contribution in [0.1, 0.15) is 31.3 Å². The van der Waals surface area contributed by atoms with E-state index in [4.69, 9.17) is 4.74 Å². The summed E-state index contributed by atoms with van der Waals surface area (Å²) in [6.07, 6.45) is -1.43. The molecule has 1 fully saturated rings. The highest BCUT2D eigenvalue weighted by atomic mass is 19.4. The van der Waals surface area contributed by atoms with E-state index in [1.807, 2.05) is 0 Å². The average molecular weight is 423 g/mol. The molecule has 2 aromatic heterocycles. The predicted molar refractivity (Wildman–Crippen MR) is 101 cm³/mol. The summed E-state index contributed by atoms with van der Waals surface area (Å²) >= 11 is 0. The number of anilines is 3. The molecule has 4 rings (SSSR count). The minimum Gasteiger partial charge on any atom is -0.487 e. The van der Waals surface area contributed by atoms with Crippen LogP contribution in [0.5, 0.6) is 5.75 Å². The zero-order valence-corrected chi connectivity index (χ0v) is 16.5. The van der Waals surface area contributed by atoms with E-state index >= 15 is 0 Å². The first-order valence-corrected chi connectivity index (χ1v) is 9.36. The van der Waals surface area contributed by atoms with Crippen molar-refractivity contribution in [3.63, 3.8) is 0 Å². The summed E-state index contributed by atoms with van der Waals surface area (Å²) in [5.74, 6) is -0.0189. The number of fused-ring (bicyclic) bond motifs is 1. The molecule has 1 aliphatic carbocycles. The van der Waals surface area contributed by atoms with Crippen molar-refractivity contribution in [2.75, 3.05) is 22.6 Å². The van der Waals surface area contributed by atoms with Gasteiger partial charge in [0.1, 0.15) is 17.8 Å². The molecule has 9 nitrogen and oxygen atoms in total. The quantitative estimate of drug-likeness (QED) is 0.773. The topological polar surface area (TPSA) is 105 Å². The molecule has 1 aliphatic heterocycles. The Bertz CT molecular complexity index is 961. The van der Waals surface area contributed by atoms with E-state index in [2.05, 4.69) is 30.6 Å². The summed E-state index contributed by atoms with van der Waals surface area (Å²) in [5.41, 5.74) is 1.26. The zero-order chi connectivity index (χ0) is 21.6. The van der Waals surface area contributed by atoms with Gasteiger partial charge < -0.3 is 20.3 Å². The van der Waals surface area contributed by atoms with E-state index in [-0.39, 0.29) is 29.8 Å². The number of hydrogen-bond donors (Lipinski definition) is 2. The standard InChI is InChI=1S/C18H20F3N7O2/c1-8-13-14(28(3)9(2)15(29)26-13)27-17(24-8)25-10-4-11(5-10)30-12-6-22-16(23-7-12)18(19,20)21/h6-7,9-11H,4-5H2,1-3H3,(H,26,29)(H,24,25,27)/t9-,10?,11?/m0/s1. The largest absolute Gasteiger partial charge is 0.487 e. The zero-order valence-electron chi connectivity index (χ0n) is 16.5. The molecule has 1 atom stereocenters. The van der Waals surface area contributed by atoms with Gasteiger partial charge in [0.05, 0.1) is 18.1 Å². The fraction of sp³-hybridized carbons (Fsp3) is 0.500. The van der Waals surface area contributed by atoms with Crippen LogP contribution < -0.4 is 20.3 Å². The van der Waals surface area contributed by atoms with Gasteiger partial charge in [0, 0.05) is 25.9 Å². The number of carbonyl (C=O) groups excluding carboxylic acids is 1. The Morgan fingerprint density at radius 3 is 2.53 bits per heavy atom. The van der Waals surface area contributed by atoms with Gasteiger partial charge in [-0.25, -0.2) is 15.0 Å². The van der Waals surface area contributed by atoms with Crippen LogP contribution in [0.25, 0.3) is 0 Å². The fourth-order valence-electron chi connectivity index (χ4n) is 3.29. The lowest BCUT2D eigenvalue weighted by atomic mass is 9.89. The fourth-order valence-corrected chi connectivity index (χ4v) is 3.29. The van der Waals surface area contributed by atoms with Gasteiger partial charge in [-0.2, -0.15) is 18.2 Å². The van der Waals surface area contributed by atoms with Crippen LogP contribution in [0.2, 0.25) is 0 Å². The lowest BCUT2D eigenvalue weighted by Gasteiger charge is -2.36. The maximum absolute atomic E-state index is 12.5. The summed E-state index contributed by atoms with van der Waals surface area (Å²) in [6.45, 7) is 3.59. The van der Waals surface area contributed by atoms with Crippen molar-refractivity contribution in [2.24, 2.45) is 0 Å². The van der Waals surface area contributed by atoms with E-state index in [0.717, 1.165) is 12.4 Å². The molecule has 0 radical (unpaired) electrons. The molecule has 0 bridgehead atoms. The molecule has 1 amide bonds. The van der Waals surface area contributed by atoms with Crippen LogP contribution in [0.4, 0.5) is 30.6 Å². The van der Waals surface area contributed by atoms with Crippen molar-refractivity contribution in [1.29, 1.82) is 0 Å². The highest BCUT2D eigenvalue weighted by Gasteiger charge is 2.36. The number of aromatic nitrogens is 4.